The van der Waals surface area contributed by atoms with Crippen molar-refractivity contribution in [3.8, 4) is 0 Å². The van der Waals surface area contributed by atoms with E-state index in [2.05, 4.69) is 27.4 Å². The zero-order valence-corrected chi connectivity index (χ0v) is 13.0. The summed E-state index contributed by atoms with van der Waals surface area (Å²) >= 11 is 0. The molecule has 0 aromatic carbocycles. The van der Waals surface area contributed by atoms with Crippen LogP contribution in [0, 0.1) is 0 Å². The molecule has 7 nitrogen and oxygen atoms in total. The van der Waals surface area contributed by atoms with E-state index < -0.39 is 0 Å². The van der Waals surface area contributed by atoms with Crippen LogP contribution in [0.5, 0.6) is 0 Å². The van der Waals surface area contributed by atoms with Crippen molar-refractivity contribution >= 4 is 12.6 Å². The maximum atomic E-state index is 5.65. The van der Waals surface area contributed by atoms with E-state index in [0.717, 1.165) is 25.3 Å². The third-order valence-corrected chi connectivity index (χ3v) is 2.97. The van der Waals surface area contributed by atoms with Crippen molar-refractivity contribution < 1.29 is 9.57 Å². The molecule has 1 aliphatic heterocycles. The van der Waals surface area contributed by atoms with Crippen LogP contribution in [0.25, 0.3) is 0 Å². The first-order chi connectivity index (χ1) is 10.2. The summed E-state index contributed by atoms with van der Waals surface area (Å²) in [5, 5.41) is 0. The molecule has 0 spiro atoms. The predicted molar refractivity (Wildman–Crippen MR) is 85.3 cm³/mol. The van der Waals surface area contributed by atoms with Gasteiger partial charge in [-0.1, -0.05) is 0 Å². The van der Waals surface area contributed by atoms with Crippen LogP contribution >= 0.6 is 0 Å². The van der Waals surface area contributed by atoms with E-state index >= 15 is 0 Å². The fourth-order valence-corrected chi connectivity index (χ4v) is 1.87. The van der Waals surface area contributed by atoms with Crippen molar-refractivity contribution in [1.29, 1.82) is 0 Å². The van der Waals surface area contributed by atoms with E-state index in [1.165, 1.54) is 12.6 Å². The third kappa shape index (κ3) is 7.03. The second-order valence-corrected chi connectivity index (χ2v) is 4.72. The standard InChI is InChI=1S/C14H25N5O2/c1-12(14(18-11-15)4-6-21-16-2)8-17-9-13-10-19(3)5-7-20-13/h4,6,8,11,13,16H,5,7,9-10H2,1-3H3,(H2,15,18)/b6-4+,14-12?,17-8?. The van der Waals surface area contributed by atoms with Crippen LogP contribution in [0.2, 0.25) is 0 Å². The normalized spacial score (nSPS) is 22.3. The van der Waals surface area contributed by atoms with Crippen LogP contribution in [0.15, 0.2) is 33.6 Å². The van der Waals surface area contributed by atoms with Crippen LogP contribution in [-0.4, -0.2) is 63.9 Å². The largest absolute Gasteiger partial charge is 0.417 e. The molecule has 1 heterocycles. The van der Waals surface area contributed by atoms with E-state index in [4.69, 9.17) is 15.3 Å². The van der Waals surface area contributed by atoms with Gasteiger partial charge in [-0.3, -0.25) is 4.99 Å². The molecule has 1 aliphatic rings. The van der Waals surface area contributed by atoms with Gasteiger partial charge in [0.05, 0.1) is 31.3 Å². The van der Waals surface area contributed by atoms with Gasteiger partial charge in [-0.25, -0.2) is 4.99 Å². The number of ether oxygens (including phenoxy) is 1. The average molecular weight is 295 g/mol. The quantitative estimate of drug-likeness (QED) is 0.232. The Morgan fingerprint density at radius 1 is 1.57 bits per heavy atom. The molecule has 0 aliphatic carbocycles. The molecule has 1 rings (SSSR count). The van der Waals surface area contributed by atoms with Gasteiger partial charge in [-0.15, -0.1) is 0 Å². The monoisotopic (exact) mass is 295 g/mol. The molecule has 0 radical (unpaired) electrons. The summed E-state index contributed by atoms with van der Waals surface area (Å²) in [4.78, 5) is 15.7. The average Bonchev–Trinajstić information content (AvgIpc) is 2.46. The lowest BCUT2D eigenvalue weighted by atomic mass is 10.2. The molecule has 0 aromatic rings. The van der Waals surface area contributed by atoms with Crippen LogP contribution in [0.3, 0.4) is 0 Å². The van der Waals surface area contributed by atoms with Gasteiger partial charge in [0, 0.05) is 32.4 Å². The van der Waals surface area contributed by atoms with Crippen molar-refractivity contribution in [3.05, 3.63) is 23.6 Å². The third-order valence-electron chi connectivity index (χ3n) is 2.97. The van der Waals surface area contributed by atoms with Gasteiger partial charge in [0.15, 0.2) is 0 Å². The van der Waals surface area contributed by atoms with Crippen molar-refractivity contribution in [3.63, 3.8) is 0 Å². The topological polar surface area (TPSA) is 84.5 Å². The Labute approximate surface area is 126 Å². The van der Waals surface area contributed by atoms with E-state index in [9.17, 15) is 0 Å². The maximum absolute atomic E-state index is 5.65. The summed E-state index contributed by atoms with van der Waals surface area (Å²) in [7, 11) is 3.76. The van der Waals surface area contributed by atoms with Gasteiger partial charge in [-0.05, 0) is 19.5 Å². The summed E-state index contributed by atoms with van der Waals surface area (Å²) in [6.07, 6.45) is 6.39. The highest BCUT2D eigenvalue weighted by Crippen LogP contribution is 2.07. The molecule has 1 unspecified atom stereocenters. The number of likely N-dealkylation sites (N-methyl/N-ethyl adjacent to an activating group) is 1. The Hall–Kier alpha value is -1.70. The van der Waals surface area contributed by atoms with E-state index in [1.54, 1.807) is 19.3 Å². The highest BCUT2D eigenvalue weighted by atomic mass is 16.6. The van der Waals surface area contributed by atoms with Crippen LogP contribution < -0.4 is 11.2 Å². The minimum absolute atomic E-state index is 0.150. The number of allylic oxidation sites excluding steroid dienone is 2. The first kappa shape index (κ1) is 17.4. The molecule has 1 fully saturated rings. The fraction of sp³-hybridized carbons (Fsp3) is 0.571. The highest BCUT2D eigenvalue weighted by molar-refractivity contribution is 5.80. The molecule has 7 heteroatoms. The molecular weight excluding hydrogens is 270 g/mol. The molecule has 1 saturated heterocycles. The Bertz CT molecular complexity index is 418. The minimum atomic E-state index is 0.150. The fourth-order valence-electron chi connectivity index (χ4n) is 1.87. The lowest BCUT2D eigenvalue weighted by Crippen LogP contribution is -2.41. The molecular formula is C14H25N5O2. The minimum Gasteiger partial charge on any atom is -0.417 e. The number of hydrogen-bond acceptors (Lipinski definition) is 6. The lowest BCUT2D eigenvalue weighted by molar-refractivity contribution is -0.0135. The Balaban J connectivity index is 2.58. The van der Waals surface area contributed by atoms with Crippen molar-refractivity contribution in [2.24, 2.45) is 15.7 Å². The summed E-state index contributed by atoms with van der Waals surface area (Å²) in [5.41, 5.74) is 9.49. The number of nitrogens with two attached hydrogens (primary N) is 1. The van der Waals surface area contributed by atoms with Crippen molar-refractivity contribution in [2.45, 2.75) is 13.0 Å². The number of hydroxylamine groups is 1. The number of morpholine rings is 1. The molecule has 1 atom stereocenters. The van der Waals surface area contributed by atoms with Gasteiger partial charge in [0.1, 0.15) is 6.26 Å². The van der Waals surface area contributed by atoms with Gasteiger partial charge < -0.3 is 20.2 Å². The second kappa shape index (κ2) is 10.1. The summed E-state index contributed by atoms with van der Waals surface area (Å²) in [6, 6.07) is 0. The maximum Gasteiger partial charge on any atom is 0.113 e. The number of rotatable bonds is 7. The summed E-state index contributed by atoms with van der Waals surface area (Å²) in [5.74, 6) is 0. The molecule has 3 N–H and O–H groups in total. The number of nitrogens with zero attached hydrogens (tertiary/aromatic N) is 3. The summed E-state index contributed by atoms with van der Waals surface area (Å²) in [6.45, 7) is 5.20. The van der Waals surface area contributed by atoms with Gasteiger partial charge >= 0.3 is 0 Å². The molecule has 0 aromatic heterocycles. The zero-order valence-electron chi connectivity index (χ0n) is 13.0. The molecule has 0 saturated carbocycles. The highest BCUT2D eigenvalue weighted by Gasteiger charge is 2.16. The predicted octanol–water partition coefficient (Wildman–Crippen LogP) is 0.314. The molecule has 0 amide bonds. The lowest BCUT2D eigenvalue weighted by Gasteiger charge is -2.28. The van der Waals surface area contributed by atoms with Gasteiger partial charge in [0.25, 0.3) is 0 Å². The Kier molecular flexibility index (Phi) is 8.34. The Morgan fingerprint density at radius 2 is 2.38 bits per heavy atom. The Morgan fingerprint density at radius 3 is 3.05 bits per heavy atom. The second-order valence-electron chi connectivity index (χ2n) is 4.72. The van der Waals surface area contributed by atoms with Gasteiger partial charge in [-0.2, -0.15) is 5.48 Å². The van der Waals surface area contributed by atoms with E-state index in [-0.39, 0.29) is 6.10 Å². The number of hydrogen-bond donors (Lipinski definition) is 2. The van der Waals surface area contributed by atoms with Crippen molar-refractivity contribution in [1.82, 2.24) is 10.4 Å². The van der Waals surface area contributed by atoms with E-state index in [0.29, 0.717) is 12.2 Å². The van der Waals surface area contributed by atoms with Gasteiger partial charge in [0.2, 0.25) is 0 Å². The molecule has 0 bridgehead atoms. The first-order valence-corrected chi connectivity index (χ1v) is 6.91. The number of aliphatic imine (C=N–C) groups is 2. The number of nitrogens with one attached hydrogen (secondary N) is 1. The smallest absolute Gasteiger partial charge is 0.113 e. The van der Waals surface area contributed by atoms with Crippen molar-refractivity contribution in [2.75, 3.05) is 40.3 Å². The molecule has 118 valence electrons. The van der Waals surface area contributed by atoms with Crippen LogP contribution in [0.1, 0.15) is 6.92 Å². The zero-order chi connectivity index (χ0) is 15.5. The van der Waals surface area contributed by atoms with Crippen LogP contribution in [0.4, 0.5) is 0 Å². The van der Waals surface area contributed by atoms with Crippen LogP contribution in [-0.2, 0) is 9.57 Å². The summed E-state index contributed by atoms with van der Waals surface area (Å²) < 4.78 is 5.65. The molecule has 21 heavy (non-hydrogen) atoms. The SMILES string of the molecule is CNO/C=C/C(N=CN)=C(C)C=NCC1CN(C)CCO1. The van der Waals surface area contributed by atoms with E-state index in [1.807, 2.05) is 6.92 Å². The first-order valence-electron chi connectivity index (χ1n) is 6.91.